The zero-order valence-corrected chi connectivity index (χ0v) is 12.9. The Morgan fingerprint density at radius 2 is 2.05 bits per heavy atom. The second-order valence-electron chi connectivity index (χ2n) is 4.85. The molecule has 1 aromatic heterocycles. The molecule has 20 heavy (non-hydrogen) atoms. The number of rotatable bonds is 5. The van der Waals surface area contributed by atoms with Crippen LogP contribution in [0.25, 0.3) is 11.4 Å². The van der Waals surface area contributed by atoms with E-state index < -0.39 is 4.92 Å². The summed E-state index contributed by atoms with van der Waals surface area (Å²) < 4.78 is 1.93. The SMILES string of the molecule is CC(C)Cn1c(CBr)nnc1-c1ccccc1[N+](=O)[O-]. The molecule has 0 aliphatic heterocycles. The molecule has 1 heterocycles. The van der Waals surface area contributed by atoms with Gasteiger partial charge in [-0.2, -0.15) is 0 Å². The standard InChI is InChI=1S/C13H15BrN4O2/c1-9(2)8-17-12(7-14)15-16-13(17)10-5-3-4-6-11(10)18(19)20/h3-6,9H,7-8H2,1-2H3. The number of nitro benzene ring substituents is 1. The maximum absolute atomic E-state index is 11.1. The van der Waals surface area contributed by atoms with Crippen LogP contribution in [0.1, 0.15) is 19.7 Å². The molecule has 7 heteroatoms. The van der Waals surface area contributed by atoms with Crippen LogP contribution in [0.4, 0.5) is 5.69 Å². The third-order valence-electron chi connectivity index (χ3n) is 2.84. The van der Waals surface area contributed by atoms with Crippen molar-refractivity contribution < 1.29 is 4.92 Å². The number of para-hydroxylation sites is 1. The molecule has 0 amide bonds. The Hall–Kier alpha value is -1.76. The van der Waals surface area contributed by atoms with Crippen LogP contribution < -0.4 is 0 Å². The Morgan fingerprint density at radius 3 is 2.65 bits per heavy atom. The minimum absolute atomic E-state index is 0.0472. The second-order valence-corrected chi connectivity index (χ2v) is 5.41. The maximum Gasteiger partial charge on any atom is 0.280 e. The van der Waals surface area contributed by atoms with Gasteiger partial charge in [-0.1, -0.05) is 41.9 Å². The number of hydrogen-bond acceptors (Lipinski definition) is 4. The highest BCUT2D eigenvalue weighted by molar-refractivity contribution is 9.08. The van der Waals surface area contributed by atoms with E-state index in [4.69, 9.17) is 0 Å². The molecule has 0 saturated carbocycles. The molecular formula is C13H15BrN4O2. The van der Waals surface area contributed by atoms with Crippen LogP contribution in [0.2, 0.25) is 0 Å². The van der Waals surface area contributed by atoms with Gasteiger partial charge in [0.2, 0.25) is 0 Å². The summed E-state index contributed by atoms with van der Waals surface area (Å²) in [5.74, 6) is 1.71. The fourth-order valence-electron chi connectivity index (χ4n) is 2.01. The van der Waals surface area contributed by atoms with E-state index in [9.17, 15) is 10.1 Å². The molecule has 1 aromatic carbocycles. The largest absolute Gasteiger partial charge is 0.310 e. The third kappa shape index (κ3) is 2.87. The van der Waals surface area contributed by atoms with Crippen molar-refractivity contribution in [3.63, 3.8) is 0 Å². The second kappa shape index (κ2) is 6.13. The smallest absolute Gasteiger partial charge is 0.280 e. The van der Waals surface area contributed by atoms with E-state index in [0.717, 1.165) is 12.4 Å². The molecule has 0 unspecified atom stereocenters. The minimum atomic E-state index is -0.391. The summed E-state index contributed by atoms with van der Waals surface area (Å²) in [6.45, 7) is 4.89. The van der Waals surface area contributed by atoms with E-state index in [0.29, 0.717) is 22.6 Å². The Morgan fingerprint density at radius 1 is 1.35 bits per heavy atom. The first-order valence-electron chi connectivity index (χ1n) is 6.26. The van der Waals surface area contributed by atoms with Crippen LogP contribution in [0, 0.1) is 16.0 Å². The van der Waals surface area contributed by atoms with Gasteiger partial charge in [0.15, 0.2) is 5.82 Å². The van der Waals surface area contributed by atoms with Crippen LogP contribution in [-0.2, 0) is 11.9 Å². The van der Waals surface area contributed by atoms with Crippen LogP contribution in [0.5, 0.6) is 0 Å². The van der Waals surface area contributed by atoms with Crippen molar-refractivity contribution in [2.24, 2.45) is 5.92 Å². The number of nitro groups is 1. The van der Waals surface area contributed by atoms with E-state index >= 15 is 0 Å². The summed E-state index contributed by atoms with van der Waals surface area (Å²) in [5.41, 5.74) is 0.545. The van der Waals surface area contributed by atoms with Crippen molar-refractivity contribution >= 4 is 21.6 Å². The fourth-order valence-corrected chi connectivity index (χ4v) is 2.43. The molecule has 0 aliphatic rings. The summed E-state index contributed by atoms with van der Waals surface area (Å²) in [6.07, 6.45) is 0. The highest BCUT2D eigenvalue weighted by Gasteiger charge is 2.21. The lowest BCUT2D eigenvalue weighted by atomic mass is 10.1. The van der Waals surface area contributed by atoms with Crippen molar-refractivity contribution in [1.29, 1.82) is 0 Å². The van der Waals surface area contributed by atoms with E-state index in [1.807, 2.05) is 4.57 Å². The van der Waals surface area contributed by atoms with Crippen LogP contribution in [0.15, 0.2) is 24.3 Å². The molecule has 0 aliphatic carbocycles. The van der Waals surface area contributed by atoms with Gasteiger partial charge in [-0.25, -0.2) is 0 Å². The minimum Gasteiger partial charge on any atom is -0.310 e. The number of halogens is 1. The van der Waals surface area contributed by atoms with Gasteiger partial charge in [0.05, 0.1) is 15.8 Å². The predicted molar refractivity (Wildman–Crippen MR) is 79.6 cm³/mol. The molecule has 0 atom stereocenters. The van der Waals surface area contributed by atoms with Gasteiger partial charge in [0.1, 0.15) is 5.82 Å². The Kier molecular flexibility index (Phi) is 4.49. The normalized spacial score (nSPS) is 11.0. The van der Waals surface area contributed by atoms with E-state index in [-0.39, 0.29) is 5.69 Å². The number of aromatic nitrogens is 3. The molecule has 0 fully saturated rings. The van der Waals surface area contributed by atoms with Gasteiger partial charge in [-0.15, -0.1) is 10.2 Å². The number of nitrogens with zero attached hydrogens (tertiary/aromatic N) is 4. The number of hydrogen-bond donors (Lipinski definition) is 0. The van der Waals surface area contributed by atoms with E-state index in [1.54, 1.807) is 18.2 Å². The maximum atomic E-state index is 11.1. The van der Waals surface area contributed by atoms with Crippen LogP contribution >= 0.6 is 15.9 Å². The van der Waals surface area contributed by atoms with Crippen LogP contribution in [0.3, 0.4) is 0 Å². The van der Waals surface area contributed by atoms with Crippen LogP contribution in [-0.4, -0.2) is 19.7 Å². The summed E-state index contributed by atoms with van der Waals surface area (Å²) in [4.78, 5) is 10.8. The van der Waals surface area contributed by atoms with Gasteiger partial charge >= 0.3 is 0 Å². The van der Waals surface area contributed by atoms with Crippen molar-refractivity contribution in [3.8, 4) is 11.4 Å². The van der Waals surface area contributed by atoms with Gasteiger partial charge in [0.25, 0.3) is 5.69 Å². The Balaban J connectivity index is 2.58. The number of benzene rings is 1. The predicted octanol–water partition coefficient (Wildman–Crippen LogP) is 3.40. The lowest BCUT2D eigenvalue weighted by Gasteiger charge is -2.11. The molecule has 2 aromatic rings. The lowest BCUT2D eigenvalue weighted by Crippen LogP contribution is -2.10. The first kappa shape index (κ1) is 14.6. The average molecular weight is 339 g/mol. The molecule has 106 valence electrons. The number of alkyl halides is 1. The van der Waals surface area contributed by atoms with Crippen molar-refractivity contribution in [3.05, 3.63) is 40.2 Å². The fraction of sp³-hybridized carbons (Fsp3) is 0.385. The molecule has 2 rings (SSSR count). The van der Waals surface area contributed by atoms with Gasteiger partial charge in [-0.3, -0.25) is 10.1 Å². The molecule has 0 bridgehead atoms. The van der Waals surface area contributed by atoms with Crippen molar-refractivity contribution in [1.82, 2.24) is 14.8 Å². The first-order valence-corrected chi connectivity index (χ1v) is 7.38. The van der Waals surface area contributed by atoms with E-state index in [1.165, 1.54) is 6.07 Å². The lowest BCUT2D eigenvalue weighted by molar-refractivity contribution is -0.384. The van der Waals surface area contributed by atoms with Gasteiger partial charge in [-0.05, 0) is 12.0 Å². The molecular weight excluding hydrogens is 324 g/mol. The summed E-state index contributed by atoms with van der Waals surface area (Å²) in [7, 11) is 0. The first-order chi connectivity index (χ1) is 9.54. The molecule has 0 N–H and O–H groups in total. The summed E-state index contributed by atoms with van der Waals surface area (Å²) in [6, 6.07) is 6.61. The topological polar surface area (TPSA) is 73.8 Å². The molecule has 0 saturated heterocycles. The summed E-state index contributed by atoms with van der Waals surface area (Å²) in [5, 5.41) is 19.9. The van der Waals surface area contributed by atoms with Gasteiger partial charge in [0, 0.05) is 12.6 Å². The molecule has 0 radical (unpaired) electrons. The zero-order chi connectivity index (χ0) is 14.7. The highest BCUT2D eigenvalue weighted by atomic mass is 79.9. The van der Waals surface area contributed by atoms with E-state index in [2.05, 4.69) is 40.0 Å². The third-order valence-corrected chi connectivity index (χ3v) is 3.34. The molecule has 6 nitrogen and oxygen atoms in total. The zero-order valence-electron chi connectivity index (χ0n) is 11.3. The van der Waals surface area contributed by atoms with Crippen molar-refractivity contribution in [2.45, 2.75) is 25.7 Å². The quantitative estimate of drug-likeness (QED) is 0.475. The highest BCUT2D eigenvalue weighted by Crippen LogP contribution is 2.29. The Bertz CT molecular complexity index is 625. The average Bonchev–Trinajstić information content (AvgIpc) is 2.80. The molecule has 0 spiro atoms. The monoisotopic (exact) mass is 338 g/mol. The van der Waals surface area contributed by atoms with Crippen molar-refractivity contribution in [2.75, 3.05) is 0 Å². The van der Waals surface area contributed by atoms with Gasteiger partial charge < -0.3 is 4.57 Å². The summed E-state index contributed by atoms with van der Waals surface area (Å²) >= 11 is 3.37. The Labute approximate surface area is 125 Å².